The third kappa shape index (κ3) is 5.24. The number of para-hydroxylation sites is 1. The van der Waals surface area contributed by atoms with Gasteiger partial charge in [0, 0.05) is 43.2 Å². The third-order valence-corrected chi connectivity index (χ3v) is 10.3. The lowest BCUT2D eigenvalue weighted by Crippen LogP contribution is -2.01. The summed E-state index contributed by atoms with van der Waals surface area (Å²) in [6, 6.07) is 31.6. The molecule has 214 valence electrons. The summed E-state index contributed by atoms with van der Waals surface area (Å²) in [5.41, 5.74) is 12.1. The molecule has 6 rings (SSSR count). The Kier molecular flexibility index (Phi) is 8.88. The molecule has 0 aliphatic heterocycles. The number of aryl methyl sites for hydroxylation is 1. The van der Waals surface area contributed by atoms with E-state index in [1.165, 1.54) is 95.4 Å². The Balaban J connectivity index is 1.66. The largest absolute Gasteiger partial charge is 0.340 e. The zero-order valence-electron chi connectivity index (χ0n) is 24.9. The zero-order chi connectivity index (χ0) is 29.2. The van der Waals surface area contributed by atoms with Crippen molar-refractivity contribution in [2.24, 2.45) is 0 Å². The molecule has 42 heavy (non-hydrogen) atoms. The Hall–Kier alpha value is -2.88. The molecule has 1 nitrogen and oxygen atoms in total. The molecule has 3 heteroatoms. The van der Waals surface area contributed by atoms with Crippen LogP contribution in [-0.2, 0) is 6.54 Å². The summed E-state index contributed by atoms with van der Waals surface area (Å²) in [6.45, 7) is 7.95. The summed E-state index contributed by atoms with van der Waals surface area (Å²) < 4.78 is 4.93. The van der Waals surface area contributed by atoms with Crippen LogP contribution in [0, 0.1) is 0 Å². The van der Waals surface area contributed by atoms with Crippen LogP contribution in [0.2, 0.25) is 0 Å². The van der Waals surface area contributed by atoms with Crippen molar-refractivity contribution in [1.82, 2.24) is 4.57 Å². The van der Waals surface area contributed by atoms with Crippen LogP contribution < -0.4 is 0 Å². The Morgan fingerprint density at radius 1 is 0.690 bits per heavy atom. The van der Waals surface area contributed by atoms with Gasteiger partial charge in [-0.2, -0.15) is 0 Å². The standard InChI is InChI=1S/C39H39Br2N/c1-4-7-8-14-23-42-35-18-13-12-17-30(35)31-20-19-28(25-36(31)42)37-29(6-3)39-34(41)22-21-33(40)38(39)26(5-2)24-32(37)27-15-10-9-11-16-27/h9-13,15-22,24-26H,4-8,14,23H2,1-3H3. The van der Waals surface area contributed by atoms with E-state index in [2.05, 4.69) is 148 Å². The molecule has 0 spiro atoms. The number of hydrogen-bond acceptors (Lipinski definition) is 0. The van der Waals surface area contributed by atoms with Crippen LogP contribution in [0.1, 0.15) is 87.5 Å². The van der Waals surface area contributed by atoms with Crippen LogP contribution in [0.25, 0.3) is 38.5 Å². The first kappa shape index (κ1) is 29.2. The Labute approximate surface area is 267 Å². The fraction of sp³-hybridized carbons (Fsp3) is 0.282. The molecule has 1 aliphatic carbocycles. The van der Waals surface area contributed by atoms with Gasteiger partial charge in [0.1, 0.15) is 0 Å². The normalized spacial score (nSPS) is 15.3. The molecule has 0 saturated carbocycles. The highest BCUT2D eigenvalue weighted by Gasteiger charge is 2.28. The minimum Gasteiger partial charge on any atom is -0.340 e. The predicted octanol–water partition coefficient (Wildman–Crippen LogP) is 12.8. The van der Waals surface area contributed by atoms with Crippen molar-refractivity contribution < 1.29 is 0 Å². The fourth-order valence-electron chi connectivity index (χ4n) is 6.90. The highest BCUT2D eigenvalue weighted by Crippen LogP contribution is 2.50. The van der Waals surface area contributed by atoms with Gasteiger partial charge in [0.25, 0.3) is 0 Å². The van der Waals surface area contributed by atoms with Crippen molar-refractivity contribution in [3.8, 4) is 0 Å². The highest BCUT2D eigenvalue weighted by molar-refractivity contribution is 9.11. The summed E-state index contributed by atoms with van der Waals surface area (Å²) in [7, 11) is 0. The maximum atomic E-state index is 4.00. The van der Waals surface area contributed by atoms with Crippen molar-refractivity contribution in [2.75, 3.05) is 0 Å². The van der Waals surface area contributed by atoms with E-state index in [0.717, 1.165) is 19.4 Å². The molecule has 0 fully saturated rings. The smallest absolute Gasteiger partial charge is 0.0497 e. The summed E-state index contributed by atoms with van der Waals surface area (Å²) >= 11 is 7.96. The molecule has 1 aliphatic rings. The molecule has 0 amide bonds. The number of fused-ring (bicyclic) bond motifs is 4. The monoisotopic (exact) mass is 679 g/mol. The van der Waals surface area contributed by atoms with Gasteiger partial charge < -0.3 is 4.57 Å². The topological polar surface area (TPSA) is 4.93 Å². The van der Waals surface area contributed by atoms with Crippen LogP contribution in [0.5, 0.6) is 0 Å². The molecule has 1 unspecified atom stereocenters. The van der Waals surface area contributed by atoms with E-state index in [9.17, 15) is 0 Å². The van der Waals surface area contributed by atoms with Crippen LogP contribution in [0.4, 0.5) is 0 Å². The number of halogens is 2. The van der Waals surface area contributed by atoms with E-state index >= 15 is 0 Å². The van der Waals surface area contributed by atoms with Crippen molar-refractivity contribution in [3.63, 3.8) is 0 Å². The second-order valence-corrected chi connectivity index (χ2v) is 13.2. The second kappa shape index (κ2) is 12.8. The van der Waals surface area contributed by atoms with Gasteiger partial charge in [0.15, 0.2) is 0 Å². The van der Waals surface area contributed by atoms with E-state index in [4.69, 9.17) is 0 Å². The predicted molar refractivity (Wildman–Crippen MR) is 190 cm³/mol. The molecule has 1 heterocycles. The van der Waals surface area contributed by atoms with Gasteiger partial charge in [-0.15, -0.1) is 0 Å². The molecule has 0 bridgehead atoms. The van der Waals surface area contributed by atoms with E-state index < -0.39 is 0 Å². The molecule has 5 aromatic rings. The second-order valence-electron chi connectivity index (χ2n) is 11.4. The van der Waals surface area contributed by atoms with E-state index in [-0.39, 0.29) is 0 Å². The molecular weight excluding hydrogens is 642 g/mol. The van der Waals surface area contributed by atoms with Crippen LogP contribution >= 0.6 is 31.9 Å². The molecule has 1 aromatic heterocycles. The quantitative estimate of drug-likeness (QED) is 0.137. The lowest BCUT2D eigenvalue weighted by Gasteiger charge is -2.21. The highest BCUT2D eigenvalue weighted by atomic mass is 79.9. The fourth-order valence-corrected chi connectivity index (χ4v) is 8.11. The molecule has 4 aromatic carbocycles. The minimum atomic E-state index is 0.301. The van der Waals surface area contributed by atoms with E-state index in [1.807, 2.05) is 0 Å². The summed E-state index contributed by atoms with van der Waals surface area (Å²) in [4.78, 5) is 0. The van der Waals surface area contributed by atoms with Gasteiger partial charge in [-0.05, 0) is 82.5 Å². The van der Waals surface area contributed by atoms with Gasteiger partial charge >= 0.3 is 0 Å². The Morgan fingerprint density at radius 3 is 2.19 bits per heavy atom. The average molecular weight is 682 g/mol. The number of benzene rings is 4. The van der Waals surface area contributed by atoms with Crippen molar-refractivity contribution in [1.29, 1.82) is 0 Å². The summed E-state index contributed by atoms with van der Waals surface area (Å²) in [5.74, 6) is 0.301. The lowest BCUT2D eigenvalue weighted by molar-refractivity contribution is 0.602. The van der Waals surface area contributed by atoms with Gasteiger partial charge in [-0.25, -0.2) is 0 Å². The maximum absolute atomic E-state index is 4.00. The Morgan fingerprint density at radius 2 is 1.43 bits per heavy atom. The number of nitrogens with zero attached hydrogens (tertiary/aromatic N) is 1. The lowest BCUT2D eigenvalue weighted by atomic mass is 9.85. The van der Waals surface area contributed by atoms with Crippen LogP contribution in [-0.4, -0.2) is 4.57 Å². The molecule has 0 N–H and O–H groups in total. The van der Waals surface area contributed by atoms with Gasteiger partial charge in [0.2, 0.25) is 0 Å². The van der Waals surface area contributed by atoms with Crippen LogP contribution in [0.3, 0.4) is 0 Å². The van der Waals surface area contributed by atoms with Crippen molar-refractivity contribution in [2.45, 2.75) is 71.8 Å². The van der Waals surface area contributed by atoms with Crippen molar-refractivity contribution >= 4 is 70.4 Å². The summed E-state index contributed by atoms with van der Waals surface area (Å²) in [6.07, 6.45) is 9.54. The molecule has 0 radical (unpaired) electrons. The van der Waals surface area contributed by atoms with E-state index in [0.29, 0.717) is 5.92 Å². The van der Waals surface area contributed by atoms with Gasteiger partial charge in [-0.1, -0.05) is 139 Å². The average Bonchev–Trinajstić information content (AvgIpc) is 3.24. The van der Waals surface area contributed by atoms with Gasteiger partial charge in [-0.3, -0.25) is 0 Å². The number of hydrogen-bond donors (Lipinski definition) is 0. The zero-order valence-corrected chi connectivity index (χ0v) is 28.1. The SMILES string of the molecule is CCCCCCn1c2ccccc2c2ccc(C3=C(CC)c4c(Br)ccc(Br)c4C(CC)C=C3c3ccccc3)cc21. The minimum absolute atomic E-state index is 0.301. The maximum Gasteiger partial charge on any atom is 0.0497 e. The van der Waals surface area contributed by atoms with Crippen LogP contribution in [0.15, 0.2) is 100.0 Å². The molecule has 1 atom stereocenters. The first-order chi connectivity index (χ1) is 20.6. The van der Waals surface area contributed by atoms with Gasteiger partial charge in [0.05, 0.1) is 0 Å². The van der Waals surface area contributed by atoms with E-state index in [1.54, 1.807) is 0 Å². The Bertz CT molecular complexity index is 1810. The summed E-state index contributed by atoms with van der Waals surface area (Å²) in [5, 5.41) is 2.69. The number of aromatic nitrogens is 1. The third-order valence-electron chi connectivity index (χ3n) is 8.93. The molecule has 0 saturated heterocycles. The number of rotatable bonds is 9. The first-order valence-electron chi connectivity index (χ1n) is 15.6. The number of allylic oxidation sites excluding steroid dienone is 4. The number of unbranched alkanes of at least 4 members (excludes halogenated alkanes) is 3. The first-order valence-corrected chi connectivity index (χ1v) is 17.2. The molecular formula is C39H39Br2N. The van der Waals surface area contributed by atoms with Crippen molar-refractivity contribution in [3.05, 3.63) is 122 Å².